The van der Waals surface area contributed by atoms with E-state index in [9.17, 15) is 0 Å². The highest BCUT2D eigenvalue weighted by atomic mass is 79.9. The summed E-state index contributed by atoms with van der Waals surface area (Å²) in [5, 5.41) is 4.44. The second-order valence-electron chi connectivity index (χ2n) is 3.00. The molecule has 3 heteroatoms. The second kappa shape index (κ2) is 11.4. The molecule has 0 amide bonds. The molecule has 0 saturated carbocycles. The van der Waals surface area contributed by atoms with E-state index in [1.54, 1.807) is 0 Å². The lowest BCUT2D eigenvalue weighted by atomic mass is 10.1. The largest absolute Gasteiger partial charge is 0.329 e. The molecular weight excluding hydrogens is 216 g/mol. The average Bonchev–Trinajstić information content (AvgIpc) is 2.10. The SMILES string of the molecule is NCCNCCCCCCCBr. The van der Waals surface area contributed by atoms with Crippen molar-refractivity contribution in [3.63, 3.8) is 0 Å². The number of nitrogens with two attached hydrogens (primary N) is 1. The van der Waals surface area contributed by atoms with Crippen LogP contribution < -0.4 is 11.1 Å². The number of halogens is 1. The highest BCUT2D eigenvalue weighted by molar-refractivity contribution is 9.09. The van der Waals surface area contributed by atoms with Crippen molar-refractivity contribution >= 4 is 15.9 Å². The van der Waals surface area contributed by atoms with Gasteiger partial charge in [-0.05, 0) is 19.4 Å². The topological polar surface area (TPSA) is 38.0 Å². The van der Waals surface area contributed by atoms with Crippen molar-refractivity contribution in [3.05, 3.63) is 0 Å². The Balaban J connectivity index is 2.73. The summed E-state index contributed by atoms with van der Waals surface area (Å²) in [4.78, 5) is 0. The quantitative estimate of drug-likeness (QED) is 0.474. The van der Waals surface area contributed by atoms with Crippen molar-refractivity contribution in [1.82, 2.24) is 5.32 Å². The number of nitrogens with one attached hydrogen (secondary N) is 1. The minimum atomic E-state index is 0.754. The van der Waals surface area contributed by atoms with Crippen LogP contribution in [0.5, 0.6) is 0 Å². The van der Waals surface area contributed by atoms with E-state index >= 15 is 0 Å². The van der Waals surface area contributed by atoms with Crippen LogP contribution in [0.3, 0.4) is 0 Å². The summed E-state index contributed by atoms with van der Waals surface area (Å²) in [5.74, 6) is 0. The second-order valence-corrected chi connectivity index (χ2v) is 3.79. The molecule has 0 aliphatic heterocycles. The lowest BCUT2D eigenvalue weighted by Crippen LogP contribution is -2.23. The van der Waals surface area contributed by atoms with E-state index < -0.39 is 0 Å². The molecule has 0 aromatic rings. The van der Waals surface area contributed by atoms with Crippen LogP contribution in [0.1, 0.15) is 32.1 Å². The van der Waals surface area contributed by atoms with Gasteiger partial charge in [0.25, 0.3) is 0 Å². The van der Waals surface area contributed by atoms with Crippen LogP contribution in [0.4, 0.5) is 0 Å². The van der Waals surface area contributed by atoms with Crippen LogP contribution in [0, 0.1) is 0 Å². The molecule has 0 saturated heterocycles. The molecule has 74 valence electrons. The molecule has 0 aliphatic rings. The highest BCUT2D eigenvalue weighted by Crippen LogP contribution is 2.03. The maximum atomic E-state index is 5.34. The summed E-state index contributed by atoms with van der Waals surface area (Å²) in [6, 6.07) is 0. The zero-order chi connectivity index (χ0) is 9.07. The van der Waals surface area contributed by atoms with Crippen LogP contribution in [0.25, 0.3) is 0 Å². The van der Waals surface area contributed by atoms with Gasteiger partial charge in [-0.3, -0.25) is 0 Å². The van der Waals surface area contributed by atoms with Crippen molar-refractivity contribution < 1.29 is 0 Å². The highest BCUT2D eigenvalue weighted by Gasteiger charge is 1.89. The van der Waals surface area contributed by atoms with Crippen molar-refractivity contribution in [1.29, 1.82) is 0 Å². The third-order valence-corrected chi connectivity index (χ3v) is 2.37. The molecule has 0 aromatic heterocycles. The molecule has 0 radical (unpaired) electrons. The number of hydrogen-bond donors (Lipinski definition) is 2. The predicted octanol–water partition coefficient (Wildman–Crippen LogP) is 1.88. The molecule has 0 aliphatic carbocycles. The Labute approximate surface area is 84.4 Å². The Hall–Kier alpha value is 0.400. The molecule has 3 N–H and O–H groups in total. The van der Waals surface area contributed by atoms with Gasteiger partial charge in [-0.15, -0.1) is 0 Å². The summed E-state index contributed by atoms with van der Waals surface area (Å²) >= 11 is 3.43. The van der Waals surface area contributed by atoms with Gasteiger partial charge in [-0.2, -0.15) is 0 Å². The van der Waals surface area contributed by atoms with Gasteiger partial charge in [0.2, 0.25) is 0 Å². The fraction of sp³-hybridized carbons (Fsp3) is 1.00. The molecule has 12 heavy (non-hydrogen) atoms. The first-order valence-corrected chi connectivity index (χ1v) is 6.00. The Bertz CT molecular complexity index is 68.9. The summed E-state index contributed by atoms with van der Waals surface area (Å²) in [5.41, 5.74) is 5.34. The van der Waals surface area contributed by atoms with Crippen LogP contribution in [0.15, 0.2) is 0 Å². The lowest BCUT2D eigenvalue weighted by Gasteiger charge is -2.02. The Kier molecular flexibility index (Phi) is 11.8. The molecule has 0 spiro atoms. The third kappa shape index (κ3) is 10.4. The minimum absolute atomic E-state index is 0.754. The summed E-state index contributed by atoms with van der Waals surface area (Å²) in [6.45, 7) is 2.84. The molecule has 0 heterocycles. The first kappa shape index (κ1) is 12.4. The number of alkyl halides is 1. The smallest absolute Gasteiger partial charge is 0.00745 e. The first-order chi connectivity index (χ1) is 5.91. The van der Waals surface area contributed by atoms with E-state index in [4.69, 9.17) is 5.73 Å². The van der Waals surface area contributed by atoms with Crippen molar-refractivity contribution in [3.8, 4) is 0 Å². The van der Waals surface area contributed by atoms with Gasteiger partial charge < -0.3 is 11.1 Å². The normalized spacial score (nSPS) is 10.5. The van der Waals surface area contributed by atoms with Crippen molar-refractivity contribution in [2.24, 2.45) is 5.73 Å². The fourth-order valence-electron chi connectivity index (χ4n) is 1.10. The summed E-state index contributed by atoms with van der Waals surface area (Å²) in [6.07, 6.45) is 6.70. The average molecular weight is 237 g/mol. The zero-order valence-electron chi connectivity index (χ0n) is 7.82. The van der Waals surface area contributed by atoms with E-state index in [-0.39, 0.29) is 0 Å². The first-order valence-electron chi connectivity index (χ1n) is 4.88. The van der Waals surface area contributed by atoms with Crippen LogP contribution >= 0.6 is 15.9 Å². The molecule has 0 fully saturated rings. The van der Waals surface area contributed by atoms with Crippen molar-refractivity contribution in [2.75, 3.05) is 25.0 Å². The number of unbranched alkanes of at least 4 members (excludes halogenated alkanes) is 4. The van der Waals surface area contributed by atoms with E-state index in [0.29, 0.717) is 0 Å². The lowest BCUT2D eigenvalue weighted by molar-refractivity contribution is 0.588. The standard InChI is InChI=1S/C9H21BrN2/c10-6-4-2-1-3-5-8-12-9-7-11/h12H,1-9,11H2. The van der Waals surface area contributed by atoms with E-state index in [1.165, 1.54) is 32.1 Å². The Morgan fingerprint density at radius 2 is 1.58 bits per heavy atom. The van der Waals surface area contributed by atoms with E-state index in [0.717, 1.165) is 25.0 Å². The molecule has 0 unspecified atom stereocenters. The maximum absolute atomic E-state index is 5.34. The van der Waals surface area contributed by atoms with E-state index in [2.05, 4.69) is 21.2 Å². The van der Waals surface area contributed by atoms with Crippen molar-refractivity contribution in [2.45, 2.75) is 32.1 Å². The maximum Gasteiger partial charge on any atom is 0.00745 e. The fourth-order valence-corrected chi connectivity index (χ4v) is 1.50. The molecule has 0 aromatic carbocycles. The Morgan fingerprint density at radius 3 is 2.25 bits per heavy atom. The van der Waals surface area contributed by atoms with Crippen LogP contribution in [0.2, 0.25) is 0 Å². The molecule has 2 nitrogen and oxygen atoms in total. The number of hydrogen-bond acceptors (Lipinski definition) is 2. The van der Waals surface area contributed by atoms with Gasteiger partial charge in [0.1, 0.15) is 0 Å². The third-order valence-electron chi connectivity index (χ3n) is 1.81. The predicted molar refractivity (Wildman–Crippen MR) is 58.8 cm³/mol. The van der Waals surface area contributed by atoms with Crippen LogP contribution in [-0.2, 0) is 0 Å². The number of rotatable bonds is 9. The monoisotopic (exact) mass is 236 g/mol. The molecule has 0 rings (SSSR count). The molecule has 0 bridgehead atoms. The van der Waals surface area contributed by atoms with Gasteiger partial charge in [0, 0.05) is 18.4 Å². The van der Waals surface area contributed by atoms with Gasteiger partial charge in [-0.25, -0.2) is 0 Å². The van der Waals surface area contributed by atoms with Gasteiger partial charge in [-0.1, -0.05) is 35.2 Å². The summed E-state index contributed by atoms with van der Waals surface area (Å²) < 4.78 is 0. The summed E-state index contributed by atoms with van der Waals surface area (Å²) in [7, 11) is 0. The Morgan fingerprint density at radius 1 is 0.917 bits per heavy atom. The van der Waals surface area contributed by atoms with Crippen LogP contribution in [-0.4, -0.2) is 25.0 Å². The van der Waals surface area contributed by atoms with Gasteiger partial charge in [0.05, 0.1) is 0 Å². The minimum Gasteiger partial charge on any atom is -0.329 e. The molecule has 0 atom stereocenters. The van der Waals surface area contributed by atoms with E-state index in [1.807, 2.05) is 0 Å². The van der Waals surface area contributed by atoms with Gasteiger partial charge >= 0.3 is 0 Å². The molecular formula is C9H21BrN2. The van der Waals surface area contributed by atoms with Gasteiger partial charge in [0.15, 0.2) is 0 Å². The zero-order valence-corrected chi connectivity index (χ0v) is 9.41.